The van der Waals surface area contributed by atoms with Crippen LogP contribution >= 0.6 is 11.8 Å². The highest BCUT2D eigenvalue weighted by molar-refractivity contribution is 7.99. The van der Waals surface area contributed by atoms with Crippen LogP contribution in [0.25, 0.3) is 0 Å². The van der Waals surface area contributed by atoms with Crippen molar-refractivity contribution in [2.75, 3.05) is 12.4 Å². The fourth-order valence-corrected chi connectivity index (χ4v) is 4.11. The molecule has 7 heteroatoms. The number of urea groups is 1. The Morgan fingerprint density at radius 3 is 2.50 bits per heavy atom. The topological polar surface area (TPSA) is 76.1 Å². The minimum atomic E-state index is -0.197. The lowest BCUT2D eigenvalue weighted by Crippen LogP contribution is -2.33. The van der Waals surface area contributed by atoms with Crippen molar-refractivity contribution in [2.24, 2.45) is 5.92 Å². The van der Waals surface area contributed by atoms with Gasteiger partial charge in [-0.2, -0.15) is 0 Å². The summed E-state index contributed by atoms with van der Waals surface area (Å²) in [6.07, 6.45) is 5.70. The van der Waals surface area contributed by atoms with Gasteiger partial charge in [0.2, 0.25) is 0 Å². The average molecular weight is 421 g/mol. The van der Waals surface area contributed by atoms with Gasteiger partial charge in [-0.3, -0.25) is 0 Å². The van der Waals surface area contributed by atoms with Crippen LogP contribution in [-0.4, -0.2) is 23.1 Å². The van der Waals surface area contributed by atoms with E-state index < -0.39 is 0 Å². The van der Waals surface area contributed by atoms with Crippen LogP contribution in [0.4, 0.5) is 10.5 Å². The number of aryl methyl sites for hydroxylation is 1. The molecule has 4 rings (SSSR count). The summed E-state index contributed by atoms with van der Waals surface area (Å²) in [6.45, 7) is 1.98. The molecule has 1 aromatic heterocycles. The molecular formula is C23H24N4O2S. The SMILES string of the molecule is COc1ccc(C(NC(=O)Nc2ccc(Sc3ncccn3)cc2C)C2CC2)cc1. The number of hydrogen-bond donors (Lipinski definition) is 2. The molecule has 1 aliphatic carbocycles. The van der Waals surface area contributed by atoms with Gasteiger partial charge in [0.25, 0.3) is 0 Å². The molecule has 3 aromatic rings. The molecule has 0 spiro atoms. The van der Waals surface area contributed by atoms with Crippen LogP contribution in [0.3, 0.4) is 0 Å². The molecule has 0 bridgehead atoms. The summed E-state index contributed by atoms with van der Waals surface area (Å²) in [5.74, 6) is 1.29. The maximum absolute atomic E-state index is 12.7. The largest absolute Gasteiger partial charge is 0.497 e. The van der Waals surface area contributed by atoms with Gasteiger partial charge < -0.3 is 15.4 Å². The lowest BCUT2D eigenvalue weighted by atomic mass is 10.0. The number of hydrogen-bond acceptors (Lipinski definition) is 5. The van der Waals surface area contributed by atoms with E-state index in [1.165, 1.54) is 11.8 Å². The van der Waals surface area contributed by atoms with Crippen molar-refractivity contribution in [3.05, 3.63) is 72.1 Å². The van der Waals surface area contributed by atoms with Crippen LogP contribution < -0.4 is 15.4 Å². The number of anilines is 1. The lowest BCUT2D eigenvalue weighted by molar-refractivity contribution is 0.247. The van der Waals surface area contributed by atoms with Crippen molar-refractivity contribution >= 4 is 23.5 Å². The summed E-state index contributed by atoms with van der Waals surface area (Å²) in [5, 5.41) is 6.83. The van der Waals surface area contributed by atoms with Gasteiger partial charge in [0.05, 0.1) is 13.2 Å². The maximum atomic E-state index is 12.7. The van der Waals surface area contributed by atoms with Gasteiger partial charge in [0, 0.05) is 23.0 Å². The first-order valence-corrected chi connectivity index (χ1v) is 10.7. The zero-order valence-corrected chi connectivity index (χ0v) is 17.8. The third-order valence-corrected chi connectivity index (χ3v) is 5.94. The number of aromatic nitrogens is 2. The zero-order valence-electron chi connectivity index (χ0n) is 17.0. The third-order valence-electron chi connectivity index (χ3n) is 5.05. The second-order valence-corrected chi connectivity index (χ2v) is 8.34. The third kappa shape index (κ3) is 5.10. The van der Waals surface area contributed by atoms with Crippen molar-refractivity contribution in [3.63, 3.8) is 0 Å². The van der Waals surface area contributed by atoms with Crippen molar-refractivity contribution in [3.8, 4) is 5.75 Å². The Kier molecular flexibility index (Phi) is 6.18. The molecule has 0 radical (unpaired) electrons. The summed E-state index contributed by atoms with van der Waals surface area (Å²) in [5.41, 5.74) is 2.87. The summed E-state index contributed by atoms with van der Waals surface area (Å²) >= 11 is 1.49. The predicted octanol–water partition coefficient (Wildman–Crippen LogP) is 5.22. The van der Waals surface area contributed by atoms with Crippen molar-refractivity contribution < 1.29 is 9.53 Å². The van der Waals surface area contributed by atoms with Gasteiger partial charge in [0.15, 0.2) is 5.16 Å². The molecule has 1 aliphatic rings. The van der Waals surface area contributed by atoms with Crippen LogP contribution in [-0.2, 0) is 0 Å². The first-order valence-electron chi connectivity index (χ1n) is 9.89. The van der Waals surface area contributed by atoms with E-state index in [2.05, 4.69) is 20.6 Å². The van der Waals surface area contributed by atoms with E-state index in [-0.39, 0.29) is 12.1 Å². The molecule has 30 heavy (non-hydrogen) atoms. The molecule has 2 N–H and O–H groups in total. The number of amides is 2. The van der Waals surface area contributed by atoms with Crippen LogP contribution in [0, 0.1) is 12.8 Å². The Morgan fingerprint density at radius 2 is 1.87 bits per heavy atom. The van der Waals surface area contributed by atoms with Crippen molar-refractivity contribution in [2.45, 2.75) is 35.9 Å². The van der Waals surface area contributed by atoms with Gasteiger partial charge in [0.1, 0.15) is 5.75 Å². The highest BCUT2D eigenvalue weighted by Gasteiger charge is 2.33. The molecule has 1 fully saturated rings. The van der Waals surface area contributed by atoms with Crippen molar-refractivity contribution in [1.82, 2.24) is 15.3 Å². The molecule has 1 unspecified atom stereocenters. The monoisotopic (exact) mass is 420 g/mol. The van der Waals surface area contributed by atoms with Gasteiger partial charge in [-0.05, 0) is 85.0 Å². The van der Waals surface area contributed by atoms with E-state index in [4.69, 9.17) is 4.74 Å². The number of rotatable bonds is 7. The molecular weight excluding hydrogens is 396 g/mol. The van der Waals surface area contributed by atoms with E-state index in [1.807, 2.05) is 49.4 Å². The second kappa shape index (κ2) is 9.17. The molecule has 0 saturated heterocycles. The molecule has 1 saturated carbocycles. The Morgan fingerprint density at radius 1 is 1.13 bits per heavy atom. The highest BCUT2D eigenvalue weighted by atomic mass is 32.2. The number of nitrogens with zero attached hydrogens (tertiary/aromatic N) is 2. The quantitative estimate of drug-likeness (QED) is 0.513. The Hall–Kier alpha value is -3.06. The zero-order chi connectivity index (χ0) is 20.9. The summed E-state index contributed by atoms with van der Waals surface area (Å²) < 4.78 is 5.24. The summed E-state index contributed by atoms with van der Waals surface area (Å²) in [6, 6.07) is 15.4. The lowest BCUT2D eigenvalue weighted by Gasteiger charge is -2.20. The van der Waals surface area contributed by atoms with Gasteiger partial charge in [-0.1, -0.05) is 12.1 Å². The Labute approximate surface area is 180 Å². The van der Waals surface area contributed by atoms with Crippen LogP contribution in [0.2, 0.25) is 0 Å². The predicted molar refractivity (Wildman–Crippen MR) is 118 cm³/mol. The minimum Gasteiger partial charge on any atom is -0.497 e. The van der Waals surface area contributed by atoms with E-state index >= 15 is 0 Å². The number of nitrogens with one attached hydrogen (secondary N) is 2. The molecule has 2 amide bonds. The smallest absolute Gasteiger partial charge is 0.319 e. The van der Waals surface area contributed by atoms with Gasteiger partial charge in [-0.15, -0.1) is 0 Å². The normalized spacial score (nSPS) is 14.1. The fraction of sp³-hybridized carbons (Fsp3) is 0.261. The fourth-order valence-electron chi connectivity index (χ4n) is 3.30. The standard InChI is InChI=1S/C23H24N4O2S/c1-15-14-19(30-23-24-12-3-13-25-23)10-11-20(15)26-22(28)27-21(16-4-5-16)17-6-8-18(29-2)9-7-17/h3,6-14,16,21H,4-5H2,1-2H3,(H2,26,27,28). The number of benzene rings is 2. The molecule has 0 aliphatic heterocycles. The number of carbonyl (C=O) groups is 1. The molecule has 6 nitrogen and oxygen atoms in total. The summed E-state index contributed by atoms with van der Waals surface area (Å²) in [4.78, 5) is 22.2. The van der Waals surface area contributed by atoms with E-state index in [0.29, 0.717) is 11.1 Å². The molecule has 2 aromatic carbocycles. The Balaban J connectivity index is 1.41. The van der Waals surface area contributed by atoms with Crippen LogP contribution in [0.1, 0.15) is 30.0 Å². The summed E-state index contributed by atoms with van der Waals surface area (Å²) in [7, 11) is 1.65. The minimum absolute atomic E-state index is 0.00118. The van der Waals surface area contributed by atoms with E-state index in [9.17, 15) is 4.79 Å². The average Bonchev–Trinajstić information content (AvgIpc) is 3.60. The molecule has 154 valence electrons. The second-order valence-electron chi connectivity index (χ2n) is 7.30. The first-order chi connectivity index (χ1) is 14.6. The number of methoxy groups -OCH3 is 1. The number of ether oxygens (including phenoxy) is 1. The molecule has 1 heterocycles. The maximum Gasteiger partial charge on any atom is 0.319 e. The van der Waals surface area contributed by atoms with Crippen LogP contribution in [0.15, 0.2) is 71.0 Å². The van der Waals surface area contributed by atoms with E-state index in [1.54, 1.807) is 25.6 Å². The Bertz CT molecular complexity index is 1010. The highest BCUT2D eigenvalue weighted by Crippen LogP contribution is 2.41. The van der Waals surface area contributed by atoms with E-state index in [0.717, 1.165) is 40.3 Å². The number of carbonyl (C=O) groups excluding carboxylic acids is 1. The molecule has 1 atom stereocenters. The van der Waals surface area contributed by atoms with Crippen LogP contribution in [0.5, 0.6) is 5.75 Å². The van der Waals surface area contributed by atoms with Gasteiger partial charge in [-0.25, -0.2) is 14.8 Å². The van der Waals surface area contributed by atoms with Gasteiger partial charge >= 0.3 is 6.03 Å². The first kappa shape index (κ1) is 20.2. The van der Waals surface area contributed by atoms with Crippen molar-refractivity contribution in [1.29, 1.82) is 0 Å².